The van der Waals surface area contributed by atoms with Crippen LogP contribution in [-0.4, -0.2) is 37.8 Å². The van der Waals surface area contributed by atoms with Crippen molar-refractivity contribution < 1.29 is 8.63 Å². The second-order valence-electron chi connectivity index (χ2n) is 7.46. The summed E-state index contributed by atoms with van der Waals surface area (Å²) < 4.78 is 18.3. The van der Waals surface area contributed by atoms with E-state index in [4.69, 9.17) is 4.42 Å². The Bertz CT molecular complexity index is 1120. The molecule has 0 saturated carbocycles. The molecule has 1 aromatic heterocycles. The van der Waals surface area contributed by atoms with Crippen molar-refractivity contribution in [3.8, 4) is 11.5 Å². The Kier molecular flexibility index (Phi) is 5.63. The minimum Gasteiger partial charge on any atom is -0.415 e. The van der Waals surface area contributed by atoms with Crippen LogP contribution in [-0.2, 0) is 10.8 Å². The topological polar surface area (TPSA) is 71.6 Å². The Morgan fingerprint density at radius 1 is 1.00 bits per heavy atom. The third-order valence-electron chi connectivity index (χ3n) is 5.05. The van der Waals surface area contributed by atoms with Crippen molar-refractivity contribution in [1.82, 2.24) is 15.1 Å². The molecule has 0 bridgehead atoms. The SMILES string of the molecule is CC1=C(c2nnc(-c3ccccc3)o2)N(C)C(c2ccc(S(=O)C(C)C)cc2)C=N1. The highest BCUT2D eigenvalue weighted by molar-refractivity contribution is 7.85. The number of benzene rings is 2. The first-order chi connectivity index (χ1) is 14.5. The molecule has 0 N–H and O–H groups in total. The van der Waals surface area contributed by atoms with E-state index in [1.54, 1.807) is 0 Å². The molecule has 30 heavy (non-hydrogen) atoms. The zero-order valence-corrected chi connectivity index (χ0v) is 18.3. The van der Waals surface area contributed by atoms with Crippen LogP contribution in [0.2, 0.25) is 0 Å². The van der Waals surface area contributed by atoms with E-state index in [9.17, 15) is 4.21 Å². The highest BCUT2D eigenvalue weighted by Crippen LogP contribution is 2.34. The zero-order valence-electron chi connectivity index (χ0n) is 17.4. The van der Waals surface area contributed by atoms with Crippen molar-refractivity contribution in [3.63, 3.8) is 0 Å². The lowest BCUT2D eigenvalue weighted by Gasteiger charge is -2.31. The van der Waals surface area contributed by atoms with Gasteiger partial charge in [0.25, 0.3) is 5.89 Å². The number of allylic oxidation sites excluding steroid dienone is 1. The molecule has 0 spiro atoms. The first-order valence-corrected chi connectivity index (χ1v) is 11.0. The Morgan fingerprint density at radius 3 is 2.33 bits per heavy atom. The second kappa shape index (κ2) is 8.36. The van der Waals surface area contributed by atoms with Crippen LogP contribution >= 0.6 is 0 Å². The van der Waals surface area contributed by atoms with E-state index in [1.807, 2.05) is 88.6 Å². The number of nitrogens with zero attached hydrogens (tertiary/aromatic N) is 4. The van der Waals surface area contributed by atoms with Gasteiger partial charge in [-0.3, -0.25) is 9.20 Å². The van der Waals surface area contributed by atoms with E-state index in [-0.39, 0.29) is 11.3 Å². The van der Waals surface area contributed by atoms with Crippen LogP contribution in [0.1, 0.15) is 38.3 Å². The molecule has 2 atom stereocenters. The molecule has 3 aromatic rings. The number of hydrogen-bond donors (Lipinski definition) is 0. The van der Waals surface area contributed by atoms with E-state index in [1.165, 1.54) is 0 Å². The molecular weight excluding hydrogens is 396 g/mol. The van der Waals surface area contributed by atoms with E-state index in [0.717, 1.165) is 27.4 Å². The van der Waals surface area contributed by atoms with Gasteiger partial charge in [0, 0.05) is 29.0 Å². The fourth-order valence-corrected chi connectivity index (χ4v) is 4.39. The summed E-state index contributed by atoms with van der Waals surface area (Å²) in [5.41, 5.74) is 3.54. The number of rotatable bonds is 5. The van der Waals surface area contributed by atoms with Gasteiger partial charge in [-0.25, -0.2) is 0 Å². The minimum absolute atomic E-state index is 0.0858. The van der Waals surface area contributed by atoms with Crippen molar-refractivity contribution in [2.75, 3.05) is 7.05 Å². The summed E-state index contributed by atoms with van der Waals surface area (Å²) in [7, 11) is 0.982. The van der Waals surface area contributed by atoms with E-state index < -0.39 is 10.8 Å². The van der Waals surface area contributed by atoms with Gasteiger partial charge in [0.1, 0.15) is 5.70 Å². The minimum atomic E-state index is -1.00. The van der Waals surface area contributed by atoms with Crippen LogP contribution < -0.4 is 0 Å². The molecule has 0 radical (unpaired) electrons. The van der Waals surface area contributed by atoms with Gasteiger partial charge in [-0.15, -0.1) is 10.2 Å². The van der Waals surface area contributed by atoms with Gasteiger partial charge >= 0.3 is 0 Å². The van der Waals surface area contributed by atoms with Gasteiger partial charge in [-0.2, -0.15) is 0 Å². The van der Waals surface area contributed by atoms with Gasteiger partial charge < -0.3 is 9.32 Å². The van der Waals surface area contributed by atoms with E-state index in [2.05, 4.69) is 20.1 Å². The van der Waals surface area contributed by atoms with Crippen molar-refractivity contribution >= 4 is 22.7 Å². The van der Waals surface area contributed by atoms with Gasteiger partial charge in [0.15, 0.2) is 0 Å². The summed E-state index contributed by atoms with van der Waals surface area (Å²) in [5.74, 6) is 0.916. The summed E-state index contributed by atoms with van der Waals surface area (Å²) in [6, 6.07) is 17.5. The van der Waals surface area contributed by atoms with Crippen LogP contribution in [0.5, 0.6) is 0 Å². The number of hydrogen-bond acceptors (Lipinski definition) is 6. The fraction of sp³-hybridized carbons (Fsp3) is 0.261. The van der Waals surface area contributed by atoms with Gasteiger partial charge in [-0.05, 0) is 36.8 Å². The average Bonchev–Trinajstić information content (AvgIpc) is 3.24. The Labute approximate surface area is 178 Å². The Morgan fingerprint density at radius 2 is 1.67 bits per heavy atom. The molecule has 4 rings (SSSR count). The maximum atomic E-state index is 12.3. The largest absolute Gasteiger partial charge is 0.415 e. The summed E-state index contributed by atoms with van der Waals surface area (Å²) in [6.07, 6.45) is 1.90. The summed E-state index contributed by atoms with van der Waals surface area (Å²) in [6.45, 7) is 5.85. The van der Waals surface area contributed by atoms with Crippen LogP contribution in [0.15, 0.2) is 74.6 Å². The molecular formula is C23H24N4O2S. The van der Waals surface area contributed by atoms with Crippen molar-refractivity contribution in [2.45, 2.75) is 37.0 Å². The van der Waals surface area contributed by atoms with Crippen LogP contribution in [0, 0.1) is 0 Å². The maximum Gasteiger partial charge on any atom is 0.266 e. The normalized spacial score (nSPS) is 17.6. The lowest BCUT2D eigenvalue weighted by Crippen LogP contribution is -2.28. The van der Waals surface area contributed by atoms with Crippen molar-refractivity contribution in [2.24, 2.45) is 4.99 Å². The zero-order chi connectivity index (χ0) is 21.3. The molecule has 7 heteroatoms. The summed E-state index contributed by atoms with van der Waals surface area (Å²) in [5, 5.41) is 8.57. The van der Waals surface area contributed by atoms with Crippen molar-refractivity contribution in [1.29, 1.82) is 0 Å². The highest BCUT2D eigenvalue weighted by atomic mass is 32.2. The van der Waals surface area contributed by atoms with Gasteiger partial charge in [0.05, 0.1) is 22.5 Å². The Balaban J connectivity index is 1.62. The molecule has 2 unspecified atom stereocenters. The summed E-state index contributed by atoms with van der Waals surface area (Å²) >= 11 is 0. The molecule has 2 heterocycles. The van der Waals surface area contributed by atoms with Crippen LogP contribution in [0.25, 0.3) is 17.2 Å². The van der Waals surface area contributed by atoms with Crippen LogP contribution in [0.3, 0.4) is 0 Å². The van der Waals surface area contributed by atoms with Crippen molar-refractivity contribution in [3.05, 3.63) is 71.7 Å². The second-order valence-corrected chi connectivity index (χ2v) is 9.47. The number of aliphatic imine (C=N–C) groups is 1. The fourth-order valence-electron chi connectivity index (χ4n) is 3.44. The third kappa shape index (κ3) is 3.85. The molecule has 1 aliphatic rings. The lowest BCUT2D eigenvalue weighted by molar-refractivity contribution is 0.410. The van der Waals surface area contributed by atoms with E-state index in [0.29, 0.717) is 11.8 Å². The predicted molar refractivity (Wildman–Crippen MR) is 119 cm³/mol. The molecule has 0 aliphatic carbocycles. The molecule has 1 aliphatic heterocycles. The molecule has 0 saturated heterocycles. The lowest BCUT2D eigenvalue weighted by atomic mass is 10.0. The average molecular weight is 421 g/mol. The number of aromatic nitrogens is 2. The molecule has 2 aromatic carbocycles. The Hall–Kier alpha value is -3.06. The van der Waals surface area contributed by atoms with Crippen LogP contribution in [0.4, 0.5) is 0 Å². The maximum absolute atomic E-state index is 12.3. The predicted octanol–water partition coefficient (Wildman–Crippen LogP) is 4.70. The standard InChI is InChI=1S/C23H24N4O2S/c1-15(2)30(28)19-12-10-17(11-13-19)20-14-24-16(3)21(27(20)4)23-26-25-22(29-23)18-8-6-5-7-9-18/h5-15,20H,1-4H3. The molecule has 154 valence electrons. The summed E-state index contributed by atoms with van der Waals surface area (Å²) in [4.78, 5) is 7.51. The van der Waals surface area contributed by atoms with E-state index >= 15 is 0 Å². The van der Waals surface area contributed by atoms with Gasteiger partial charge in [0.2, 0.25) is 5.89 Å². The quantitative estimate of drug-likeness (QED) is 0.598. The highest BCUT2D eigenvalue weighted by Gasteiger charge is 2.28. The first kappa shape index (κ1) is 20.2. The van der Waals surface area contributed by atoms with Gasteiger partial charge in [-0.1, -0.05) is 44.2 Å². The first-order valence-electron chi connectivity index (χ1n) is 9.83. The smallest absolute Gasteiger partial charge is 0.266 e. The molecule has 6 nitrogen and oxygen atoms in total. The third-order valence-corrected chi connectivity index (χ3v) is 6.65. The monoisotopic (exact) mass is 420 g/mol. The molecule has 0 amide bonds. The molecule has 0 fully saturated rings.